The molecule has 0 unspecified atom stereocenters. The fourth-order valence-corrected chi connectivity index (χ4v) is 3.15. The van der Waals surface area contributed by atoms with Crippen LogP contribution in [0.4, 0.5) is 4.79 Å². The van der Waals surface area contributed by atoms with Crippen LogP contribution in [0.15, 0.2) is 60.7 Å². The van der Waals surface area contributed by atoms with Crippen molar-refractivity contribution >= 4 is 18.0 Å². The van der Waals surface area contributed by atoms with Gasteiger partial charge in [-0.3, -0.25) is 0 Å². The summed E-state index contributed by atoms with van der Waals surface area (Å²) >= 11 is 0. The summed E-state index contributed by atoms with van der Waals surface area (Å²) in [6, 6.07) is 13.6. The summed E-state index contributed by atoms with van der Waals surface area (Å²) in [6.07, 6.45) is 0. The van der Waals surface area contributed by atoms with Crippen LogP contribution in [0.1, 0.15) is 11.1 Å². The summed E-state index contributed by atoms with van der Waals surface area (Å²) in [4.78, 5) is 38.1. The zero-order chi connectivity index (χ0) is 18.7. The minimum atomic E-state index is -1.63. The fourth-order valence-electron chi connectivity index (χ4n) is 3.15. The van der Waals surface area contributed by atoms with Gasteiger partial charge < -0.3 is 29.6 Å². The van der Waals surface area contributed by atoms with Gasteiger partial charge in [-0.25, -0.2) is 4.79 Å². The van der Waals surface area contributed by atoms with Crippen LogP contribution in [0.25, 0.3) is 0 Å². The predicted octanol–water partition coefficient (Wildman–Crippen LogP) is -6.63. The minimum Gasteiger partial charge on any atom is -0.548 e. The molecule has 1 heterocycles. The zero-order valence-electron chi connectivity index (χ0n) is 15.8. The van der Waals surface area contributed by atoms with Crippen molar-refractivity contribution in [1.82, 2.24) is 9.80 Å². The number of carbonyl (C=O) groups excluding carboxylic acids is 3. The molecule has 2 aromatic rings. The monoisotopic (exact) mass is 430 g/mol. The van der Waals surface area contributed by atoms with Crippen LogP contribution in [0.2, 0.25) is 0 Å². The molecule has 0 aromatic heterocycles. The number of aliphatic carboxylic acids is 2. The van der Waals surface area contributed by atoms with E-state index in [-0.39, 0.29) is 116 Å². The number of carboxylic acid groups (broad SMARTS) is 2. The molecule has 0 spiro atoms. The quantitative estimate of drug-likeness (QED) is 0.424. The maximum Gasteiger partial charge on any atom is 1.00 e. The molecule has 134 valence electrons. The van der Waals surface area contributed by atoms with Gasteiger partial charge in [-0.05, 0) is 11.1 Å². The maximum atomic E-state index is 12.8. The normalized spacial score (nSPS) is 18.2. The van der Waals surface area contributed by atoms with Gasteiger partial charge in [0.05, 0.1) is 24.0 Å². The van der Waals surface area contributed by atoms with Crippen molar-refractivity contribution in [3.05, 3.63) is 71.8 Å². The second-order valence-corrected chi connectivity index (χ2v) is 6.04. The summed E-state index contributed by atoms with van der Waals surface area (Å²) in [5.74, 6) is -3.25. The van der Waals surface area contributed by atoms with Crippen molar-refractivity contribution in [2.45, 2.75) is 25.2 Å². The van der Waals surface area contributed by atoms with Crippen LogP contribution in [0.3, 0.4) is 0 Å². The Morgan fingerprint density at radius 1 is 0.714 bits per heavy atom. The molecule has 0 N–H and O–H groups in total. The molecule has 28 heavy (non-hydrogen) atoms. The third-order valence-corrected chi connectivity index (χ3v) is 4.34. The first kappa shape index (κ1) is 26.0. The molecule has 7 nitrogen and oxygen atoms in total. The van der Waals surface area contributed by atoms with Crippen LogP contribution in [-0.2, 0) is 22.7 Å². The molecular weight excluding hydrogens is 414 g/mol. The van der Waals surface area contributed by atoms with Gasteiger partial charge >= 0.3 is 109 Å². The van der Waals surface area contributed by atoms with Crippen LogP contribution in [0, 0.1) is 0 Å². The molecule has 1 aliphatic rings. The molecule has 1 fully saturated rings. The predicted molar refractivity (Wildman–Crippen MR) is 87.0 cm³/mol. The van der Waals surface area contributed by atoms with Crippen molar-refractivity contribution in [1.29, 1.82) is 0 Å². The zero-order valence-corrected chi connectivity index (χ0v) is 22.0. The average molecular weight is 431 g/mol. The molecule has 0 bridgehead atoms. The molecule has 1 aliphatic heterocycles. The number of carbonyl (C=O) groups is 3. The molecule has 0 aliphatic carbocycles. The first-order valence-electron chi connectivity index (χ1n) is 8.06. The Morgan fingerprint density at radius 2 is 1.04 bits per heavy atom. The summed E-state index contributed by atoms with van der Waals surface area (Å²) in [6.45, 7) is -0.0687. The van der Waals surface area contributed by atoms with Crippen LogP contribution < -0.4 is 113 Å². The molecule has 0 radical (unpaired) electrons. The summed E-state index contributed by atoms with van der Waals surface area (Å²) in [5.41, 5.74) is 1.37. The third-order valence-electron chi connectivity index (χ3n) is 4.34. The standard InChI is InChI=1S/C19H18N2O5.2K/c22-17(23)15-16(18(24)25)21(12-14-9-5-2-6-10-14)19(26)20(15)11-13-7-3-1-4-8-13;;/h1-10,15-16H,11-12H2,(H,22,23)(H,24,25);;/q;2*+1/p-2/t15-,16+;;. The minimum absolute atomic E-state index is 0. The number of amides is 2. The largest absolute Gasteiger partial charge is 1.00 e. The molecule has 2 amide bonds. The SMILES string of the molecule is O=C([O-])[C@@H]1[C@H](C(=O)[O-])N(Cc2ccccc2)C(=O)N1Cc1ccccc1.[K+].[K+]. The van der Waals surface area contributed by atoms with E-state index >= 15 is 0 Å². The van der Waals surface area contributed by atoms with Gasteiger partial charge in [0, 0.05) is 13.1 Å². The van der Waals surface area contributed by atoms with Crippen molar-refractivity contribution < 1.29 is 127 Å². The summed E-state index contributed by atoms with van der Waals surface area (Å²) in [7, 11) is 0. The van der Waals surface area contributed by atoms with Gasteiger partial charge in [-0.15, -0.1) is 0 Å². The first-order chi connectivity index (χ1) is 12.5. The number of nitrogens with zero attached hydrogens (tertiary/aromatic N) is 2. The van der Waals surface area contributed by atoms with E-state index in [0.29, 0.717) is 11.1 Å². The van der Waals surface area contributed by atoms with E-state index in [1.807, 2.05) is 0 Å². The number of carboxylic acids is 2. The van der Waals surface area contributed by atoms with E-state index in [2.05, 4.69) is 0 Å². The Hall–Kier alpha value is -0.0773. The van der Waals surface area contributed by atoms with Gasteiger partial charge in [0.1, 0.15) is 0 Å². The Morgan fingerprint density at radius 3 is 1.32 bits per heavy atom. The van der Waals surface area contributed by atoms with E-state index in [1.165, 1.54) is 0 Å². The van der Waals surface area contributed by atoms with Crippen molar-refractivity contribution in [2.24, 2.45) is 0 Å². The Bertz CT molecular complexity index is 752. The van der Waals surface area contributed by atoms with Gasteiger partial charge in [-0.1, -0.05) is 60.7 Å². The van der Waals surface area contributed by atoms with Crippen LogP contribution in [0.5, 0.6) is 0 Å². The number of urea groups is 1. The second kappa shape index (κ2) is 11.9. The topological polar surface area (TPSA) is 104 Å². The van der Waals surface area contributed by atoms with E-state index in [9.17, 15) is 24.6 Å². The van der Waals surface area contributed by atoms with Gasteiger partial charge in [-0.2, -0.15) is 0 Å². The third kappa shape index (κ3) is 5.97. The molecule has 3 rings (SSSR count). The van der Waals surface area contributed by atoms with Crippen LogP contribution in [-0.4, -0.2) is 39.9 Å². The smallest absolute Gasteiger partial charge is 0.548 e. The molecule has 2 atom stereocenters. The van der Waals surface area contributed by atoms with Crippen molar-refractivity contribution in [2.75, 3.05) is 0 Å². The second-order valence-electron chi connectivity index (χ2n) is 6.04. The molecule has 1 saturated heterocycles. The average Bonchev–Trinajstić information content (AvgIpc) is 2.90. The number of hydrogen-bond donors (Lipinski definition) is 0. The van der Waals surface area contributed by atoms with Crippen molar-refractivity contribution in [3.63, 3.8) is 0 Å². The first-order valence-corrected chi connectivity index (χ1v) is 8.06. The van der Waals surface area contributed by atoms with Crippen molar-refractivity contribution in [3.8, 4) is 0 Å². The van der Waals surface area contributed by atoms with Gasteiger partial charge in [0.25, 0.3) is 0 Å². The Balaban J connectivity index is 0.00000196. The van der Waals surface area contributed by atoms with E-state index < -0.39 is 30.1 Å². The summed E-state index contributed by atoms with van der Waals surface area (Å²) < 4.78 is 0. The molecule has 2 aromatic carbocycles. The van der Waals surface area contributed by atoms with E-state index in [4.69, 9.17) is 0 Å². The van der Waals surface area contributed by atoms with Gasteiger partial charge in [0.15, 0.2) is 0 Å². The molecular formula is C19H16K2N2O5. The molecule has 9 heteroatoms. The Labute approximate surface area is 247 Å². The number of benzene rings is 2. The summed E-state index contributed by atoms with van der Waals surface area (Å²) in [5, 5.41) is 23.3. The number of hydrogen-bond acceptors (Lipinski definition) is 5. The number of rotatable bonds is 6. The maximum absolute atomic E-state index is 12.8. The fraction of sp³-hybridized carbons (Fsp3) is 0.211. The van der Waals surface area contributed by atoms with E-state index in [1.54, 1.807) is 60.7 Å². The van der Waals surface area contributed by atoms with Crippen LogP contribution >= 0.6 is 0 Å². The van der Waals surface area contributed by atoms with E-state index in [0.717, 1.165) is 9.80 Å². The van der Waals surface area contributed by atoms with Gasteiger partial charge in [0.2, 0.25) is 0 Å². The molecule has 0 saturated carbocycles. The Kier molecular flexibility index (Phi) is 11.1.